The predicted octanol–water partition coefficient (Wildman–Crippen LogP) is 3.55. The molecule has 12 heteroatoms. The standard InChI is InChI=1S/C29H33N4O6PS/c1-17-4-3-11-30-26(17)20-14-32(15-20)29(36)23-9-8-21-5-2-6-22(28(35)33(21)23)31-27(34)25-13-19-12-18(16-40(37,38)39)7-10-24(19)41-25/h3-4,7,10-13,20-23H,2,5-6,8-9,14-16H2,1H3,(H,31,34)(H2,37,38,39)/t21-,22-,23-/m0/s1. The van der Waals surface area contributed by atoms with Crippen LogP contribution in [-0.2, 0) is 20.3 Å². The number of hydrogen-bond acceptors (Lipinski definition) is 6. The maximum atomic E-state index is 13.8. The number of nitrogens with zero attached hydrogens (tertiary/aromatic N) is 3. The van der Waals surface area contributed by atoms with Crippen LogP contribution < -0.4 is 5.32 Å². The summed E-state index contributed by atoms with van der Waals surface area (Å²) in [5, 5.41) is 3.65. The van der Waals surface area contributed by atoms with Crippen molar-refractivity contribution in [1.82, 2.24) is 20.1 Å². The molecule has 0 saturated carbocycles. The van der Waals surface area contributed by atoms with E-state index in [1.807, 2.05) is 24.0 Å². The number of carbonyl (C=O) groups is 3. The van der Waals surface area contributed by atoms with Gasteiger partial charge in [-0.05, 0) is 79.8 Å². The molecule has 3 fully saturated rings. The fraction of sp³-hybridized carbons (Fsp3) is 0.448. The highest BCUT2D eigenvalue weighted by molar-refractivity contribution is 7.50. The van der Waals surface area contributed by atoms with Crippen LogP contribution in [0.4, 0.5) is 0 Å². The summed E-state index contributed by atoms with van der Waals surface area (Å²) in [4.78, 5) is 67.6. The minimum absolute atomic E-state index is 0.00484. The van der Waals surface area contributed by atoms with Crippen molar-refractivity contribution in [3.8, 4) is 0 Å². The van der Waals surface area contributed by atoms with Gasteiger partial charge in [0.15, 0.2) is 0 Å². The van der Waals surface area contributed by atoms with Crippen LogP contribution in [0.15, 0.2) is 42.6 Å². The lowest BCUT2D eigenvalue weighted by atomic mass is 9.92. The number of amides is 3. The third kappa shape index (κ3) is 5.68. The molecule has 5 heterocycles. The number of aryl methyl sites for hydroxylation is 1. The molecule has 1 aromatic carbocycles. The lowest BCUT2D eigenvalue weighted by Gasteiger charge is -2.42. The van der Waals surface area contributed by atoms with E-state index in [0.717, 1.165) is 40.6 Å². The van der Waals surface area contributed by atoms with Crippen LogP contribution >= 0.6 is 18.9 Å². The minimum atomic E-state index is -4.21. The highest BCUT2D eigenvalue weighted by atomic mass is 32.1. The van der Waals surface area contributed by atoms with E-state index in [4.69, 9.17) is 0 Å². The summed E-state index contributed by atoms with van der Waals surface area (Å²) in [6, 6.07) is 9.49. The number of nitrogens with one attached hydrogen (secondary N) is 1. The first kappa shape index (κ1) is 28.0. The molecule has 10 nitrogen and oxygen atoms in total. The predicted molar refractivity (Wildman–Crippen MR) is 155 cm³/mol. The maximum Gasteiger partial charge on any atom is 0.329 e. The van der Waals surface area contributed by atoms with Crippen LogP contribution in [0.2, 0.25) is 0 Å². The van der Waals surface area contributed by atoms with Crippen molar-refractivity contribution in [3.05, 3.63) is 64.3 Å². The number of likely N-dealkylation sites (tertiary alicyclic amines) is 1. The van der Waals surface area contributed by atoms with Crippen molar-refractivity contribution in [3.63, 3.8) is 0 Å². The largest absolute Gasteiger partial charge is 0.340 e. The van der Waals surface area contributed by atoms with E-state index in [1.165, 1.54) is 11.3 Å². The number of benzene rings is 1. The Kier molecular flexibility index (Phi) is 7.48. The van der Waals surface area contributed by atoms with Crippen LogP contribution in [0, 0.1) is 6.92 Å². The van der Waals surface area contributed by atoms with E-state index in [0.29, 0.717) is 36.4 Å². The van der Waals surface area contributed by atoms with Crippen LogP contribution in [0.25, 0.3) is 10.1 Å². The molecule has 3 N–H and O–H groups in total. The molecule has 3 aromatic rings. The average molecular weight is 597 g/mol. The van der Waals surface area contributed by atoms with Gasteiger partial charge in [-0.2, -0.15) is 0 Å². The molecule has 6 rings (SSSR count). The second-order valence-electron chi connectivity index (χ2n) is 11.4. The first-order valence-corrected chi connectivity index (χ1v) is 16.6. The molecule has 3 amide bonds. The quantitative estimate of drug-likeness (QED) is 0.370. The molecule has 0 radical (unpaired) electrons. The van der Waals surface area contributed by atoms with E-state index < -0.39 is 19.7 Å². The molecular formula is C29H33N4O6PS. The van der Waals surface area contributed by atoms with Gasteiger partial charge in [-0.25, -0.2) is 0 Å². The Hall–Kier alpha value is -3.11. The molecule has 0 bridgehead atoms. The molecular weight excluding hydrogens is 563 g/mol. The number of carbonyl (C=O) groups excluding carboxylic acids is 3. The zero-order valence-corrected chi connectivity index (χ0v) is 24.4. The maximum absolute atomic E-state index is 13.8. The van der Waals surface area contributed by atoms with E-state index in [2.05, 4.69) is 10.3 Å². The van der Waals surface area contributed by atoms with Gasteiger partial charge >= 0.3 is 7.60 Å². The summed E-state index contributed by atoms with van der Waals surface area (Å²) in [5.41, 5.74) is 2.63. The number of thiophene rings is 1. The molecule has 3 saturated heterocycles. The number of rotatable bonds is 6. The molecule has 3 aliphatic rings. The fourth-order valence-corrected chi connectivity index (χ4v) is 8.09. The van der Waals surface area contributed by atoms with Gasteiger partial charge in [-0.15, -0.1) is 11.3 Å². The summed E-state index contributed by atoms with van der Waals surface area (Å²) in [7, 11) is -4.21. The molecule has 0 unspecified atom stereocenters. The lowest BCUT2D eigenvalue weighted by Crippen LogP contribution is -2.58. The van der Waals surface area contributed by atoms with Gasteiger partial charge in [0, 0.05) is 41.6 Å². The van der Waals surface area contributed by atoms with Gasteiger partial charge in [0.1, 0.15) is 12.1 Å². The van der Waals surface area contributed by atoms with Gasteiger partial charge in [0.25, 0.3) is 5.91 Å². The second kappa shape index (κ2) is 10.9. The lowest BCUT2D eigenvalue weighted by molar-refractivity contribution is -0.148. The van der Waals surface area contributed by atoms with Crippen LogP contribution in [-0.4, -0.2) is 73.5 Å². The third-order valence-electron chi connectivity index (χ3n) is 8.50. The Bertz CT molecular complexity index is 1560. The molecule has 216 valence electrons. The molecule has 3 atom stereocenters. The van der Waals surface area contributed by atoms with Crippen molar-refractivity contribution in [2.75, 3.05) is 13.1 Å². The van der Waals surface area contributed by atoms with E-state index >= 15 is 0 Å². The van der Waals surface area contributed by atoms with Crippen molar-refractivity contribution < 1.29 is 28.7 Å². The van der Waals surface area contributed by atoms with E-state index in [1.54, 1.807) is 35.4 Å². The highest BCUT2D eigenvalue weighted by Gasteiger charge is 2.47. The SMILES string of the molecule is Cc1cccnc1C1CN(C(=O)[C@@H]2CC[C@@H]3CCC[C@H](NC(=O)c4cc5cc(CP(=O)(O)O)ccc5s4)C(=O)N32)C1. The zero-order valence-electron chi connectivity index (χ0n) is 22.7. The Labute approximate surface area is 241 Å². The van der Waals surface area contributed by atoms with E-state index in [-0.39, 0.29) is 35.8 Å². The summed E-state index contributed by atoms with van der Waals surface area (Å²) in [6.45, 7) is 3.23. The summed E-state index contributed by atoms with van der Waals surface area (Å²) in [5.74, 6) is -0.371. The van der Waals surface area contributed by atoms with Crippen molar-refractivity contribution >= 4 is 46.7 Å². The highest BCUT2D eigenvalue weighted by Crippen LogP contribution is 2.40. The smallest absolute Gasteiger partial charge is 0.329 e. The van der Waals surface area contributed by atoms with Gasteiger partial charge < -0.3 is 24.9 Å². The van der Waals surface area contributed by atoms with Crippen molar-refractivity contribution in [2.24, 2.45) is 0 Å². The molecule has 0 spiro atoms. The minimum Gasteiger partial charge on any atom is -0.340 e. The molecule has 0 aliphatic carbocycles. The van der Waals surface area contributed by atoms with Gasteiger partial charge in [0.2, 0.25) is 11.8 Å². The monoisotopic (exact) mass is 596 g/mol. The van der Waals surface area contributed by atoms with Crippen molar-refractivity contribution in [1.29, 1.82) is 0 Å². The number of fused-ring (bicyclic) bond motifs is 2. The normalized spacial score (nSPS) is 23.3. The first-order valence-electron chi connectivity index (χ1n) is 14.0. The fourth-order valence-electron chi connectivity index (χ4n) is 6.48. The van der Waals surface area contributed by atoms with Crippen LogP contribution in [0.3, 0.4) is 0 Å². The van der Waals surface area contributed by atoms with Gasteiger partial charge in [-0.1, -0.05) is 12.1 Å². The number of hydrogen-bond donors (Lipinski definition) is 3. The van der Waals surface area contributed by atoms with E-state index in [9.17, 15) is 28.7 Å². The third-order valence-corrected chi connectivity index (χ3v) is 10.4. The average Bonchev–Trinajstić information content (AvgIpc) is 3.47. The van der Waals surface area contributed by atoms with Crippen LogP contribution in [0.5, 0.6) is 0 Å². The topological polar surface area (TPSA) is 140 Å². The molecule has 41 heavy (non-hydrogen) atoms. The second-order valence-corrected chi connectivity index (χ2v) is 14.1. The number of aromatic nitrogens is 1. The Balaban J connectivity index is 1.13. The summed E-state index contributed by atoms with van der Waals surface area (Å²) < 4.78 is 12.2. The van der Waals surface area contributed by atoms with Crippen molar-refractivity contribution in [2.45, 2.75) is 69.2 Å². The zero-order chi connectivity index (χ0) is 28.9. The summed E-state index contributed by atoms with van der Waals surface area (Å²) >= 11 is 1.27. The Morgan fingerprint density at radius 2 is 1.93 bits per heavy atom. The van der Waals surface area contributed by atoms with Gasteiger partial charge in [0.05, 0.1) is 11.0 Å². The first-order chi connectivity index (χ1) is 19.6. The Morgan fingerprint density at radius 1 is 1.12 bits per heavy atom. The Morgan fingerprint density at radius 3 is 2.68 bits per heavy atom. The van der Waals surface area contributed by atoms with Gasteiger partial charge in [-0.3, -0.25) is 23.9 Å². The molecule has 3 aliphatic heterocycles. The molecule has 2 aromatic heterocycles. The number of pyridine rings is 1. The van der Waals surface area contributed by atoms with Crippen LogP contribution in [0.1, 0.15) is 64.5 Å². The summed E-state index contributed by atoms with van der Waals surface area (Å²) in [6.07, 6.45) is 4.93.